The molecule has 0 aliphatic rings. The predicted octanol–water partition coefficient (Wildman–Crippen LogP) is 2.11. The Bertz CT molecular complexity index is 338. The molecule has 70 valence electrons. The van der Waals surface area contributed by atoms with Gasteiger partial charge >= 0.3 is 5.97 Å². The van der Waals surface area contributed by atoms with Crippen LogP contribution in [-0.2, 0) is 4.79 Å². The minimum atomic E-state index is -1.61. The van der Waals surface area contributed by atoms with Gasteiger partial charge in [-0.25, -0.2) is 4.79 Å². The van der Waals surface area contributed by atoms with Crippen molar-refractivity contribution in [2.45, 2.75) is 6.10 Å². The third-order valence-corrected chi connectivity index (χ3v) is 2.05. The molecular weight excluding hydrogens is 215 g/mol. The minimum Gasteiger partial charge on any atom is -0.479 e. The quantitative estimate of drug-likeness (QED) is 0.803. The Balaban J connectivity index is 3.08. The van der Waals surface area contributed by atoms with E-state index in [4.69, 9.17) is 33.4 Å². The second kappa shape index (κ2) is 3.96. The van der Waals surface area contributed by atoms with Gasteiger partial charge in [0.05, 0.1) is 0 Å². The Hall–Kier alpha value is -0.770. The fourth-order valence-electron chi connectivity index (χ4n) is 0.856. The van der Waals surface area contributed by atoms with Crippen molar-refractivity contribution in [3.8, 4) is 0 Å². The number of carboxylic acids is 1. The number of carboxylic acid groups (broad SMARTS) is 1. The van der Waals surface area contributed by atoms with Crippen LogP contribution >= 0.6 is 23.2 Å². The molecule has 1 atom stereocenters. The fourth-order valence-corrected chi connectivity index (χ4v) is 1.37. The van der Waals surface area contributed by atoms with Crippen LogP contribution in [0.5, 0.6) is 0 Å². The smallest absolute Gasteiger partial charge is 0.337 e. The van der Waals surface area contributed by atoms with Crippen LogP contribution in [0.4, 0.5) is 0 Å². The van der Waals surface area contributed by atoms with Gasteiger partial charge < -0.3 is 10.2 Å². The molecule has 0 bridgehead atoms. The van der Waals surface area contributed by atoms with Crippen molar-refractivity contribution < 1.29 is 15.0 Å². The molecule has 13 heavy (non-hydrogen) atoms. The van der Waals surface area contributed by atoms with Gasteiger partial charge in [0.1, 0.15) is 0 Å². The highest BCUT2D eigenvalue weighted by Gasteiger charge is 2.18. The van der Waals surface area contributed by atoms with Gasteiger partial charge in [0.2, 0.25) is 0 Å². The molecule has 0 fully saturated rings. The van der Waals surface area contributed by atoms with Crippen molar-refractivity contribution in [2.24, 2.45) is 0 Å². The zero-order valence-electron chi connectivity index (χ0n) is 6.37. The molecule has 0 aliphatic heterocycles. The third kappa shape index (κ3) is 2.34. The molecule has 0 aromatic heterocycles. The Labute approximate surface area is 84.5 Å². The summed E-state index contributed by atoms with van der Waals surface area (Å²) in [5.74, 6) is -1.34. The minimum absolute atomic E-state index is 0.138. The van der Waals surface area contributed by atoms with Crippen molar-refractivity contribution in [3.05, 3.63) is 33.8 Å². The number of hydrogen-bond acceptors (Lipinski definition) is 2. The van der Waals surface area contributed by atoms with E-state index in [1.807, 2.05) is 0 Å². The first-order chi connectivity index (χ1) is 6.02. The largest absolute Gasteiger partial charge is 0.479 e. The highest BCUT2D eigenvalue weighted by molar-refractivity contribution is 6.35. The molecule has 0 spiro atoms. The van der Waals surface area contributed by atoms with E-state index in [-0.39, 0.29) is 10.6 Å². The van der Waals surface area contributed by atoms with Gasteiger partial charge in [0.25, 0.3) is 0 Å². The van der Waals surface area contributed by atoms with Crippen LogP contribution < -0.4 is 0 Å². The highest BCUT2D eigenvalue weighted by atomic mass is 35.5. The first-order valence-electron chi connectivity index (χ1n) is 3.38. The molecule has 0 saturated carbocycles. The van der Waals surface area contributed by atoms with Gasteiger partial charge in [0, 0.05) is 15.6 Å². The molecule has 3 nitrogen and oxygen atoms in total. The van der Waals surface area contributed by atoms with Crippen LogP contribution in [0.3, 0.4) is 0 Å². The van der Waals surface area contributed by atoms with Crippen LogP contribution in [0.25, 0.3) is 0 Å². The summed E-state index contributed by atoms with van der Waals surface area (Å²) in [5, 5.41) is 18.2. The average molecular weight is 221 g/mol. The summed E-state index contributed by atoms with van der Waals surface area (Å²) < 4.78 is 0. The Morgan fingerprint density at radius 3 is 2.46 bits per heavy atom. The molecule has 0 heterocycles. The molecule has 5 heteroatoms. The van der Waals surface area contributed by atoms with Gasteiger partial charge in [-0.1, -0.05) is 29.3 Å². The van der Waals surface area contributed by atoms with Crippen molar-refractivity contribution in [3.63, 3.8) is 0 Å². The number of aliphatic hydroxyl groups is 1. The van der Waals surface area contributed by atoms with Crippen LogP contribution in [0.15, 0.2) is 18.2 Å². The Morgan fingerprint density at radius 2 is 2.00 bits per heavy atom. The third-order valence-electron chi connectivity index (χ3n) is 1.49. The van der Waals surface area contributed by atoms with Crippen molar-refractivity contribution in [1.82, 2.24) is 0 Å². The predicted molar refractivity (Wildman–Crippen MR) is 49.1 cm³/mol. The number of carbonyl (C=O) groups is 1. The first-order valence-corrected chi connectivity index (χ1v) is 4.14. The lowest BCUT2D eigenvalue weighted by atomic mass is 10.1. The number of aliphatic hydroxyl groups excluding tert-OH is 1. The molecule has 0 saturated heterocycles. The lowest BCUT2D eigenvalue weighted by Crippen LogP contribution is -2.10. The molecule has 0 aliphatic carbocycles. The number of halogens is 2. The van der Waals surface area contributed by atoms with Crippen molar-refractivity contribution >= 4 is 29.2 Å². The Kier molecular flexibility index (Phi) is 3.14. The maximum absolute atomic E-state index is 10.4. The summed E-state index contributed by atoms with van der Waals surface area (Å²) in [5.41, 5.74) is 0.138. The van der Waals surface area contributed by atoms with Crippen LogP contribution in [0.2, 0.25) is 10.0 Å². The van der Waals surface area contributed by atoms with E-state index in [9.17, 15) is 4.79 Å². The molecule has 0 unspecified atom stereocenters. The fraction of sp³-hybridized carbons (Fsp3) is 0.125. The standard InChI is InChI=1S/C8H6Cl2O3/c9-4-1-2-5(6(10)3-4)7(11)8(12)13/h1-3,7,11H,(H,12,13)/t7-/m0/s1. The molecule has 1 aromatic rings. The van der Waals surface area contributed by atoms with E-state index < -0.39 is 12.1 Å². The maximum atomic E-state index is 10.4. The molecule has 1 rings (SSSR count). The van der Waals surface area contributed by atoms with Crippen LogP contribution in [0, 0.1) is 0 Å². The van der Waals surface area contributed by atoms with E-state index in [1.165, 1.54) is 18.2 Å². The lowest BCUT2D eigenvalue weighted by Gasteiger charge is -2.07. The average Bonchev–Trinajstić information content (AvgIpc) is 2.03. The van der Waals surface area contributed by atoms with Crippen molar-refractivity contribution in [1.29, 1.82) is 0 Å². The second-order valence-corrected chi connectivity index (χ2v) is 3.25. The maximum Gasteiger partial charge on any atom is 0.337 e. The molecule has 1 aromatic carbocycles. The van der Waals surface area contributed by atoms with Gasteiger partial charge in [-0.3, -0.25) is 0 Å². The highest BCUT2D eigenvalue weighted by Crippen LogP contribution is 2.26. The first kappa shape index (κ1) is 10.3. The summed E-state index contributed by atoms with van der Waals surface area (Å²) in [6.07, 6.45) is -1.61. The van der Waals surface area contributed by atoms with E-state index in [2.05, 4.69) is 0 Å². The number of hydrogen-bond donors (Lipinski definition) is 2. The van der Waals surface area contributed by atoms with E-state index >= 15 is 0 Å². The molecule has 0 radical (unpaired) electrons. The number of benzene rings is 1. The molecule has 0 amide bonds. The second-order valence-electron chi connectivity index (χ2n) is 2.41. The van der Waals surface area contributed by atoms with Crippen LogP contribution in [-0.4, -0.2) is 16.2 Å². The van der Waals surface area contributed by atoms with E-state index in [0.29, 0.717) is 5.02 Å². The normalized spacial score (nSPS) is 12.5. The summed E-state index contributed by atoms with van der Waals surface area (Å²) in [6, 6.07) is 4.23. The monoisotopic (exact) mass is 220 g/mol. The summed E-state index contributed by atoms with van der Waals surface area (Å²) >= 11 is 11.2. The summed E-state index contributed by atoms with van der Waals surface area (Å²) in [7, 11) is 0. The van der Waals surface area contributed by atoms with E-state index in [0.717, 1.165) is 0 Å². The van der Waals surface area contributed by atoms with Crippen molar-refractivity contribution in [2.75, 3.05) is 0 Å². The van der Waals surface area contributed by atoms with Gasteiger partial charge in [0.15, 0.2) is 6.10 Å². The number of rotatable bonds is 2. The summed E-state index contributed by atoms with van der Waals surface area (Å²) in [4.78, 5) is 10.4. The van der Waals surface area contributed by atoms with E-state index in [1.54, 1.807) is 0 Å². The SMILES string of the molecule is O=C(O)[C@@H](O)c1ccc(Cl)cc1Cl. The topological polar surface area (TPSA) is 57.5 Å². The summed E-state index contributed by atoms with van der Waals surface area (Å²) in [6.45, 7) is 0. The number of aliphatic carboxylic acids is 1. The Morgan fingerprint density at radius 1 is 1.38 bits per heavy atom. The molecule has 2 N–H and O–H groups in total. The van der Waals surface area contributed by atoms with Gasteiger partial charge in [-0.2, -0.15) is 0 Å². The zero-order chi connectivity index (χ0) is 10.0. The molecular formula is C8H6Cl2O3. The van der Waals surface area contributed by atoms with Crippen LogP contribution in [0.1, 0.15) is 11.7 Å². The zero-order valence-corrected chi connectivity index (χ0v) is 7.88. The lowest BCUT2D eigenvalue weighted by molar-refractivity contribution is -0.146. The van der Waals surface area contributed by atoms with Gasteiger partial charge in [-0.05, 0) is 12.1 Å². The van der Waals surface area contributed by atoms with Gasteiger partial charge in [-0.15, -0.1) is 0 Å².